The van der Waals surface area contributed by atoms with Gasteiger partial charge in [0.05, 0.1) is 12.2 Å². The van der Waals surface area contributed by atoms with Crippen LogP contribution in [0.1, 0.15) is 30.9 Å². The first-order valence-electron chi connectivity index (χ1n) is 6.59. The van der Waals surface area contributed by atoms with Gasteiger partial charge in [-0.2, -0.15) is 0 Å². The zero-order chi connectivity index (χ0) is 13.8. The highest BCUT2D eigenvalue weighted by atomic mass is 19.1. The highest BCUT2D eigenvalue weighted by Gasteiger charge is 2.18. The molecule has 1 aromatic carbocycles. The Morgan fingerprint density at radius 1 is 1.16 bits per heavy atom. The Kier molecular flexibility index (Phi) is 4.85. The van der Waals surface area contributed by atoms with Crippen molar-refractivity contribution in [2.24, 2.45) is 0 Å². The van der Waals surface area contributed by atoms with Gasteiger partial charge in [0.2, 0.25) is 0 Å². The quantitative estimate of drug-likeness (QED) is 0.878. The molecule has 19 heavy (non-hydrogen) atoms. The number of hydrogen-bond acceptors (Lipinski definition) is 3. The normalized spacial score (nSPS) is 19.6. The van der Waals surface area contributed by atoms with E-state index in [-0.39, 0.29) is 11.7 Å². The van der Waals surface area contributed by atoms with Crippen molar-refractivity contribution < 1.29 is 19.0 Å². The fourth-order valence-corrected chi connectivity index (χ4v) is 2.38. The number of benzene rings is 1. The standard InChI is InChI=1S/C14H19F2NO2/c15-11-7-10(8-12(16)9-11)14(19)3-6-17-4-1-13(18)2-5-17/h7-9,13-14,18-19H,1-6H2. The van der Waals surface area contributed by atoms with Crippen LogP contribution in [0.5, 0.6) is 0 Å². The highest BCUT2D eigenvalue weighted by Crippen LogP contribution is 2.20. The molecule has 1 aromatic rings. The van der Waals surface area contributed by atoms with Crippen molar-refractivity contribution in [3.8, 4) is 0 Å². The van der Waals surface area contributed by atoms with Crippen LogP contribution in [0.15, 0.2) is 18.2 Å². The lowest BCUT2D eigenvalue weighted by molar-refractivity contribution is 0.0710. The summed E-state index contributed by atoms with van der Waals surface area (Å²) >= 11 is 0. The zero-order valence-corrected chi connectivity index (χ0v) is 10.7. The first-order valence-corrected chi connectivity index (χ1v) is 6.59. The van der Waals surface area contributed by atoms with Crippen LogP contribution in [-0.4, -0.2) is 40.9 Å². The van der Waals surface area contributed by atoms with Gasteiger partial charge in [0, 0.05) is 25.7 Å². The number of nitrogens with zero attached hydrogens (tertiary/aromatic N) is 1. The Bertz CT molecular complexity index is 400. The molecule has 5 heteroatoms. The molecule has 0 bridgehead atoms. The summed E-state index contributed by atoms with van der Waals surface area (Å²) in [6.07, 6.45) is 0.824. The van der Waals surface area contributed by atoms with Crippen LogP contribution in [0, 0.1) is 11.6 Å². The molecule has 1 aliphatic heterocycles. The Morgan fingerprint density at radius 3 is 2.32 bits per heavy atom. The fourth-order valence-electron chi connectivity index (χ4n) is 2.38. The van der Waals surface area contributed by atoms with E-state index in [0.717, 1.165) is 44.1 Å². The molecule has 0 amide bonds. The summed E-state index contributed by atoms with van der Waals surface area (Å²) in [6, 6.07) is 3.11. The van der Waals surface area contributed by atoms with Gasteiger partial charge in [-0.25, -0.2) is 8.78 Å². The lowest BCUT2D eigenvalue weighted by atomic mass is 10.0. The van der Waals surface area contributed by atoms with E-state index in [2.05, 4.69) is 4.90 Å². The molecule has 1 unspecified atom stereocenters. The summed E-state index contributed by atoms with van der Waals surface area (Å²) in [4.78, 5) is 2.14. The van der Waals surface area contributed by atoms with Gasteiger partial charge in [-0.3, -0.25) is 0 Å². The van der Waals surface area contributed by atoms with E-state index in [1.165, 1.54) is 0 Å². The van der Waals surface area contributed by atoms with Crippen molar-refractivity contribution in [1.82, 2.24) is 4.90 Å². The molecule has 1 fully saturated rings. The molecule has 0 spiro atoms. The minimum atomic E-state index is -0.864. The van der Waals surface area contributed by atoms with Crippen LogP contribution in [0.25, 0.3) is 0 Å². The molecule has 1 aliphatic rings. The van der Waals surface area contributed by atoms with Gasteiger partial charge in [0.25, 0.3) is 0 Å². The second kappa shape index (κ2) is 6.41. The maximum absolute atomic E-state index is 13.0. The summed E-state index contributed by atoms with van der Waals surface area (Å²) in [5.41, 5.74) is 0.273. The predicted molar refractivity (Wildman–Crippen MR) is 67.6 cm³/mol. The Hall–Kier alpha value is -1.04. The van der Waals surface area contributed by atoms with E-state index in [9.17, 15) is 19.0 Å². The average Bonchev–Trinajstić information content (AvgIpc) is 2.36. The molecule has 1 saturated heterocycles. The van der Waals surface area contributed by atoms with Gasteiger partial charge < -0.3 is 15.1 Å². The number of rotatable bonds is 4. The Morgan fingerprint density at radius 2 is 1.74 bits per heavy atom. The maximum Gasteiger partial charge on any atom is 0.126 e. The average molecular weight is 271 g/mol. The Labute approximate surface area is 111 Å². The number of aliphatic hydroxyl groups excluding tert-OH is 2. The van der Waals surface area contributed by atoms with Crippen LogP contribution < -0.4 is 0 Å². The van der Waals surface area contributed by atoms with Crippen molar-refractivity contribution in [3.05, 3.63) is 35.4 Å². The van der Waals surface area contributed by atoms with Crippen LogP contribution >= 0.6 is 0 Å². The summed E-state index contributed by atoms with van der Waals surface area (Å²) in [5.74, 6) is -1.34. The molecule has 0 aliphatic carbocycles. The van der Waals surface area contributed by atoms with Gasteiger partial charge in [0.15, 0.2) is 0 Å². The number of likely N-dealkylation sites (tertiary alicyclic amines) is 1. The van der Waals surface area contributed by atoms with Crippen LogP contribution in [0.2, 0.25) is 0 Å². The van der Waals surface area contributed by atoms with Crippen LogP contribution in [-0.2, 0) is 0 Å². The molecular weight excluding hydrogens is 252 g/mol. The van der Waals surface area contributed by atoms with Gasteiger partial charge in [0.1, 0.15) is 11.6 Å². The van der Waals surface area contributed by atoms with Gasteiger partial charge in [-0.15, -0.1) is 0 Å². The summed E-state index contributed by atoms with van der Waals surface area (Å²) in [5, 5.41) is 19.3. The Balaban J connectivity index is 1.85. The van der Waals surface area contributed by atoms with E-state index < -0.39 is 17.7 Å². The molecule has 0 radical (unpaired) electrons. The molecule has 1 atom stereocenters. The van der Waals surface area contributed by atoms with E-state index >= 15 is 0 Å². The summed E-state index contributed by atoms with van der Waals surface area (Å²) < 4.78 is 26.1. The van der Waals surface area contributed by atoms with Crippen LogP contribution in [0.4, 0.5) is 8.78 Å². The van der Waals surface area contributed by atoms with Gasteiger partial charge in [-0.1, -0.05) is 0 Å². The monoisotopic (exact) mass is 271 g/mol. The molecule has 1 heterocycles. The fraction of sp³-hybridized carbons (Fsp3) is 0.571. The predicted octanol–water partition coefficient (Wildman–Crippen LogP) is 1.85. The smallest absolute Gasteiger partial charge is 0.126 e. The van der Waals surface area contributed by atoms with E-state index in [1.54, 1.807) is 0 Å². The van der Waals surface area contributed by atoms with Crippen molar-refractivity contribution in [1.29, 1.82) is 0 Å². The topological polar surface area (TPSA) is 43.7 Å². The third-order valence-corrected chi connectivity index (χ3v) is 3.55. The minimum absolute atomic E-state index is 0.224. The second-order valence-corrected chi connectivity index (χ2v) is 5.08. The third kappa shape index (κ3) is 4.23. The SMILES string of the molecule is OC1CCN(CCC(O)c2cc(F)cc(F)c2)CC1. The molecule has 0 saturated carbocycles. The number of piperidine rings is 1. The molecule has 3 nitrogen and oxygen atoms in total. The zero-order valence-electron chi connectivity index (χ0n) is 10.7. The van der Waals surface area contributed by atoms with Crippen molar-refractivity contribution >= 4 is 0 Å². The number of halogens is 2. The molecule has 0 aromatic heterocycles. The first-order chi connectivity index (χ1) is 9.04. The molecular formula is C14H19F2NO2. The van der Waals surface area contributed by atoms with Crippen molar-refractivity contribution in [2.45, 2.75) is 31.5 Å². The minimum Gasteiger partial charge on any atom is -0.393 e. The molecule has 106 valence electrons. The van der Waals surface area contributed by atoms with Gasteiger partial charge >= 0.3 is 0 Å². The maximum atomic E-state index is 13.0. The van der Waals surface area contributed by atoms with Crippen molar-refractivity contribution in [3.63, 3.8) is 0 Å². The largest absolute Gasteiger partial charge is 0.393 e. The van der Waals surface area contributed by atoms with Crippen molar-refractivity contribution in [2.75, 3.05) is 19.6 Å². The van der Waals surface area contributed by atoms with E-state index in [1.807, 2.05) is 0 Å². The molecule has 2 rings (SSSR count). The highest BCUT2D eigenvalue weighted by molar-refractivity contribution is 5.20. The summed E-state index contributed by atoms with van der Waals surface area (Å²) in [7, 11) is 0. The lowest BCUT2D eigenvalue weighted by Crippen LogP contribution is -2.36. The first kappa shape index (κ1) is 14.4. The summed E-state index contributed by atoms with van der Waals surface area (Å²) in [6.45, 7) is 2.25. The van der Waals surface area contributed by atoms with Gasteiger partial charge in [-0.05, 0) is 37.0 Å². The van der Waals surface area contributed by atoms with E-state index in [0.29, 0.717) is 13.0 Å². The van der Waals surface area contributed by atoms with E-state index in [4.69, 9.17) is 0 Å². The van der Waals surface area contributed by atoms with Crippen LogP contribution in [0.3, 0.4) is 0 Å². The lowest BCUT2D eigenvalue weighted by Gasteiger charge is -2.30. The second-order valence-electron chi connectivity index (χ2n) is 5.08. The number of hydrogen-bond donors (Lipinski definition) is 2. The third-order valence-electron chi connectivity index (χ3n) is 3.55. The number of aliphatic hydroxyl groups is 2. The molecule has 2 N–H and O–H groups in total.